The first kappa shape index (κ1) is 3.64. The summed E-state index contributed by atoms with van der Waals surface area (Å²) in [4.78, 5) is 6.83. The highest BCUT2D eigenvalue weighted by molar-refractivity contribution is 6.31. The van der Waals surface area contributed by atoms with Gasteiger partial charge in [-0.1, -0.05) is 11.6 Å². The van der Waals surface area contributed by atoms with Crippen LogP contribution in [0, 0.1) is 0 Å². The molecule has 0 spiro atoms. The average Bonchev–Trinajstić information content (AvgIpc) is 1.82. The summed E-state index contributed by atoms with van der Waals surface area (Å²) in [5, 5.41) is -0.198. The van der Waals surface area contributed by atoms with Crippen molar-refractivity contribution in [1.29, 1.82) is 0 Å². The molecule has 4 heteroatoms. The van der Waals surface area contributed by atoms with Crippen molar-refractivity contribution < 1.29 is 2.74 Å². The van der Waals surface area contributed by atoms with E-state index in [9.17, 15) is 0 Å². The van der Waals surface area contributed by atoms with E-state index in [-0.39, 0.29) is 22.7 Å². The highest BCUT2D eigenvalue weighted by Crippen LogP contribution is 2.04. The summed E-state index contributed by atoms with van der Waals surface area (Å²) in [5.74, 6) is 0. The third-order valence-electron chi connectivity index (χ3n) is 0.498. The molecule has 0 bridgehead atoms. The van der Waals surface area contributed by atoms with Gasteiger partial charge in [-0.3, -0.25) is 0 Å². The molecule has 1 heterocycles. The Morgan fingerprint density at radius 3 is 3.00 bits per heavy atom. The molecule has 0 aliphatic rings. The summed E-state index contributed by atoms with van der Waals surface area (Å²) in [5.41, 5.74) is 0. The number of aromatic nitrogens is 2. The third-order valence-corrected chi connectivity index (χ3v) is 0.846. The highest BCUT2D eigenvalue weighted by atomic mass is 35.5. The van der Waals surface area contributed by atoms with E-state index >= 15 is 0 Å². The Morgan fingerprint density at radius 2 is 2.38 bits per heavy atom. The van der Waals surface area contributed by atoms with E-state index in [0.717, 1.165) is 0 Å². The standard InChI is InChI=1S/C4H2Cl2N2/c5-3-1-2-7-4(6)8-3/h1-2H/i1D,2D. The highest BCUT2D eigenvalue weighted by Gasteiger charge is 1.88. The topological polar surface area (TPSA) is 25.8 Å². The number of halogens is 2. The summed E-state index contributed by atoms with van der Waals surface area (Å²) < 4.78 is 14.0. The second kappa shape index (κ2) is 2.29. The largest absolute Gasteiger partial charge is 0.226 e. The van der Waals surface area contributed by atoms with Gasteiger partial charge in [-0.2, -0.15) is 0 Å². The molecule has 1 rings (SSSR count). The Hall–Kier alpha value is -0.340. The molecule has 2 nitrogen and oxygen atoms in total. The Labute approximate surface area is 59.3 Å². The molecule has 0 aliphatic carbocycles. The van der Waals surface area contributed by atoms with Crippen molar-refractivity contribution in [2.45, 2.75) is 0 Å². The average molecular weight is 151 g/mol. The molecule has 8 heavy (non-hydrogen) atoms. The summed E-state index contributed by atoms with van der Waals surface area (Å²) in [7, 11) is 0. The molecule has 0 aromatic carbocycles. The maximum atomic E-state index is 7.04. The fourth-order valence-corrected chi connectivity index (χ4v) is 0.547. The SMILES string of the molecule is [2H]c1nc(Cl)nc(Cl)c1[2H]. The fourth-order valence-electron chi connectivity index (χ4n) is 0.254. The second-order valence-electron chi connectivity index (χ2n) is 1.02. The number of hydrogen-bond donors (Lipinski definition) is 0. The van der Waals surface area contributed by atoms with E-state index in [1.54, 1.807) is 0 Å². The first-order valence-electron chi connectivity index (χ1n) is 2.77. The lowest BCUT2D eigenvalue weighted by atomic mass is 10.7. The van der Waals surface area contributed by atoms with Crippen LogP contribution >= 0.6 is 23.2 Å². The van der Waals surface area contributed by atoms with Crippen molar-refractivity contribution in [2.24, 2.45) is 0 Å². The van der Waals surface area contributed by atoms with Gasteiger partial charge in [0.1, 0.15) is 5.15 Å². The zero-order chi connectivity index (χ0) is 7.72. The maximum Gasteiger partial charge on any atom is 0.223 e. The van der Waals surface area contributed by atoms with Gasteiger partial charge in [-0.15, -0.1) is 0 Å². The van der Waals surface area contributed by atoms with Crippen molar-refractivity contribution in [3.8, 4) is 0 Å². The van der Waals surface area contributed by atoms with Crippen LogP contribution in [0.2, 0.25) is 10.4 Å². The molecule has 0 aliphatic heterocycles. The first-order valence-corrected chi connectivity index (χ1v) is 2.53. The Bertz CT molecular complexity index is 242. The first-order chi connectivity index (χ1) is 4.61. The predicted molar refractivity (Wildman–Crippen MR) is 32.1 cm³/mol. The molecule has 0 radical (unpaired) electrons. The minimum Gasteiger partial charge on any atom is -0.226 e. The molecular weight excluding hydrogens is 147 g/mol. The minimum atomic E-state index is -0.259. The Morgan fingerprint density at radius 1 is 1.62 bits per heavy atom. The smallest absolute Gasteiger partial charge is 0.223 e. The van der Waals surface area contributed by atoms with Gasteiger partial charge in [0.25, 0.3) is 0 Å². The van der Waals surface area contributed by atoms with Gasteiger partial charge in [0, 0.05) is 6.17 Å². The minimum absolute atomic E-state index is 0.0926. The van der Waals surface area contributed by atoms with Crippen LogP contribution in [-0.2, 0) is 0 Å². The van der Waals surface area contributed by atoms with Gasteiger partial charge >= 0.3 is 0 Å². The monoisotopic (exact) mass is 150 g/mol. The molecule has 1 aromatic rings. The van der Waals surface area contributed by atoms with Crippen molar-refractivity contribution in [1.82, 2.24) is 9.97 Å². The Kier molecular flexibility index (Phi) is 1.04. The van der Waals surface area contributed by atoms with Crippen LogP contribution in [0.5, 0.6) is 0 Å². The number of hydrogen-bond acceptors (Lipinski definition) is 2. The normalized spacial score (nSPS) is 12.8. The third kappa shape index (κ3) is 1.32. The maximum absolute atomic E-state index is 7.04. The molecule has 0 atom stereocenters. The van der Waals surface area contributed by atoms with Crippen molar-refractivity contribution >= 4 is 23.2 Å². The summed E-state index contributed by atoms with van der Waals surface area (Å²) in [6.07, 6.45) is -0.259. The van der Waals surface area contributed by atoms with Gasteiger partial charge in [-0.05, 0) is 17.6 Å². The lowest BCUT2D eigenvalue weighted by Gasteiger charge is -1.85. The molecule has 0 unspecified atom stereocenters. The molecule has 0 amide bonds. The van der Waals surface area contributed by atoms with E-state index in [1.807, 2.05) is 0 Å². The van der Waals surface area contributed by atoms with Crippen molar-refractivity contribution in [3.63, 3.8) is 0 Å². The van der Waals surface area contributed by atoms with Gasteiger partial charge in [0.05, 0.1) is 2.74 Å². The second-order valence-corrected chi connectivity index (χ2v) is 1.72. The molecule has 0 fully saturated rings. The van der Waals surface area contributed by atoms with Crippen LogP contribution in [0.1, 0.15) is 2.74 Å². The summed E-state index contributed by atoms with van der Waals surface area (Å²) in [6, 6.07) is -0.203. The molecule has 0 N–H and O–H groups in total. The zero-order valence-electron chi connectivity index (χ0n) is 5.65. The van der Waals surface area contributed by atoms with Crippen LogP contribution in [0.25, 0.3) is 0 Å². The van der Waals surface area contributed by atoms with Crippen molar-refractivity contribution in [3.05, 3.63) is 22.7 Å². The van der Waals surface area contributed by atoms with Crippen LogP contribution in [0.4, 0.5) is 0 Å². The van der Waals surface area contributed by atoms with E-state index in [4.69, 9.17) is 25.9 Å². The molecule has 0 saturated heterocycles. The van der Waals surface area contributed by atoms with E-state index in [0.29, 0.717) is 0 Å². The molecule has 42 valence electrons. The van der Waals surface area contributed by atoms with Gasteiger partial charge in [0.15, 0.2) is 0 Å². The lowest BCUT2D eigenvalue weighted by molar-refractivity contribution is 1.17. The zero-order valence-corrected chi connectivity index (χ0v) is 5.16. The van der Waals surface area contributed by atoms with Crippen LogP contribution < -0.4 is 0 Å². The van der Waals surface area contributed by atoms with Crippen LogP contribution in [0.3, 0.4) is 0 Å². The van der Waals surface area contributed by atoms with E-state index < -0.39 is 0 Å². The van der Waals surface area contributed by atoms with E-state index in [1.165, 1.54) is 0 Å². The lowest BCUT2D eigenvalue weighted by Crippen LogP contribution is -1.77. The number of nitrogens with zero attached hydrogens (tertiary/aromatic N) is 2. The predicted octanol–water partition coefficient (Wildman–Crippen LogP) is 1.78. The van der Waals surface area contributed by atoms with Crippen molar-refractivity contribution in [2.75, 3.05) is 0 Å². The number of rotatable bonds is 0. The summed E-state index contributed by atoms with van der Waals surface area (Å²) >= 11 is 10.7. The van der Waals surface area contributed by atoms with Gasteiger partial charge < -0.3 is 0 Å². The van der Waals surface area contributed by atoms with Crippen LogP contribution in [0.15, 0.2) is 12.2 Å². The quantitative estimate of drug-likeness (QED) is 0.417. The molecule has 0 saturated carbocycles. The van der Waals surface area contributed by atoms with Crippen LogP contribution in [-0.4, -0.2) is 9.97 Å². The molecule has 1 aromatic heterocycles. The van der Waals surface area contributed by atoms with E-state index in [2.05, 4.69) is 9.97 Å². The van der Waals surface area contributed by atoms with Gasteiger partial charge in [0.2, 0.25) is 5.28 Å². The summed E-state index contributed by atoms with van der Waals surface area (Å²) in [6.45, 7) is 0. The fraction of sp³-hybridized carbons (Fsp3) is 0. The van der Waals surface area contributed by atoms with Gasteiger partial charge in [-0.25, -0.2) is 9.97 Å². The Balaban J connectivity index is 3.31. The molecular formula is C4H2Cl2N2.